The molecule has 0 fully saturated rings. The first-order chi connectivity index (χ1) is 10.1. The van der Waals surface area contributed by atoms with Gasteiger partial charge in [0.2, 0.25) is 0 Å². The van der Waals surface area contributed by atoms with Crippen LogP contribution in [0.15, 0.2) is 24.3 Å². The second kappa shape index (κ2) is 7.07. The van der Waals surface area contributed by atoms with E-state index in [1.807, 2.05) is 31.2 Å². The Morgan fingerprint density at radius 3 is 2.81 bits per heavy atom. The number of aryl methyl sites for hydroxylation is 1. The summed E-state index contributed by atoms with van der Waals surface area (Å²) in [5.74, 6) is 0.0345. The Balaban J connectivity index is 2.40. The monoisotopic (exact) mass is 287 g/mol. The van der Waals surface area contributed by atoms with Gasteiger partial charge in [-0.2, -0.15) is 0 Å². The van der Waals surface area contributed by atoms with Gasteiger partial charge in [-0.15, -0.1) is 0 Å². The number of nitrogens with zero attached hydrogens (tertiary/aromatic N) is 1. The summed E-state index contributed by atoms with van der Waals surface area (Å²) in [7, 11) is 0. The van der Waals surface area contributed by atoms with E-state index in [0.717, 1.165) is 40.8 Å². The fraction of sp³-hybridized carbons (Fsp3) is 0.412. The number of pyridine rings is 1. The first kappa shape index (κ1) is 15.3. The fourth-order valence-corrected chi connectivity index (χ4v) is 2.30. The Bertz CT molecular complexity index is 637. The summed E-state index contributed by atoms with van der Waals surface area (Å²) in [6, 6.07) is 7.83. The quantitative estimate of drug-likeness (QED) is 0.788. The number of para-hydroxylation sites is 1. The molecule has 1 N–H and O–H groups in total. The minimum atomic E-state index is -0.808. The lowest BCUT2D eigenvalue weighted by Gasteiger charge is -2.15. The first-order valence-electron chi connectivity index (χ1n) is 7.36. The van der Waals surface area contributed by atoms with Crippen molar-refractivity contribution in [2.45, 2.75) is 39.5 Å². The lowest BCUT2D eigenvalue weighted by Crippen LogP contribution is -2.05. The van der Waals surface area contributed by atoms with Gasteiger partial charge in [0.1, 0.15) is 5.75 Å². The van der Waals surface area contributed by atoms with Gasteiger partial charge in [-0.25, -0.2) is 0 Å². The van der Waals surface area contributed by atoms with Crippen molar-refractivity contribution in [1.29, 1.82) is 0 Å². The van der Waals surface area contributed by atoms with E-state index in [2.05, 4.69) is 11.9 Å². The van der Waals surface area contributed by atoms with Gasteiger partial charge in [0, 0.05) is 23.1 Å². The van der Waals surface area contributed by atoms with Gasteiger partial charge in [0.15, 0.2) is 0 Å². The molecule has 0 atom stereocenters. The predicted molar refractivity (Wildman–Crippen MR) is 82.8 cm³/mol. The summed E-state index contributed by atoms with van der Waals surface area (Å²) in [5, 5.41) is 9.85. The van der Waals surface area contributed by atoms with E-state index in [-0.39, 0.29) is 6.42 Å². The van der Waals surface area contributed by atoms with Crippen LogP contribution in [-0.2, 0) is 11.2 Å². The van der Waals surface area contributed by atoms with Gasteiger partial charge in [-0.1, -0.05) is 25.5 Å². The molecule has 2 rings (SSSR count). The standard InChI is InChI=1S/C17H21NO3/c1-3-4-11-21-17-12(2)14(9-10-16(19)20)18-15-8-6-5-7-13(15)17/h5-8H,3-4,9-11H2,1-2H3,(H,19,20). The number of ether oxygens (including phenoxy) is 1. The molecule has 1 aromatic carbocycles. The molecule has 0 amide bonds. The van der Waals surface area contributed by atoms with E-state index in [1.165, 1.54) is 0 Å². The lowest BCUT2D eigenvalue weighted by molar-refractivity contribution is -0.136. The molecule has 1 heterocycles. The van der Waals surface area contributed by atoms with Crippen LogP contribution in [0.4, 0.5) is 0 Å². The van der Waals surface area contributed by atoms with Gasteiger partial charge in [0.25, 0.3) is 0 Å². The molecule has 2 aromatic rings. The number of hydrogen-bond acceptors (Lipinski definition) is 3. The van der Waals surface area contributed by atoms with Crippen molar-refractivity contribution in [2.75, 3.05) is 6.61 Å². The minimum Gasteiger partial charge on any atom is -0.493 e. The molecule has 0 saturated heterocycles. The molecule has 0 spiro atoms. The zero-order valence-electron chi connectivity index (χ0n) is 12.6. The molecular weight excluding hydrogens is 266 g/mol. The highest BCUT2D eigenvalue weighted by Crippen LogP contribution is 2.31. The van der Waals surface area contributed by atoms with E-state index in [4.69, 9.17) is 9.84 Å². The number of carboxylic acids is 1. The summed E-state index contributed by atoms with van der Waals surface area (Å²) < 4.78 is 5.95. The molecule has 112 valence electrons. The van der Waals surface area contributed by atoms with E-state index >= 15 is 0 Å². The Morgan fingerprint density at radius 1 is 1.33 bits per heavy atom. The highest BCUT2D eigenvalue weighted by molar-refractivity contribution is 5.86. The highest BCUT2D eigenvalue weighted by atomic mass is 16.5. The molecule has 0 aliphatic rings. The van der Waals surface area contributed by atoms with Crippen molar-refractivity contribution in [3.8, 4) is 5.75 Å². The minimum absolute atomic E-state index is 0.0839. The van der Waals surface area contributed by atoms with Gasteiger partial charge >= 0.3 is 5.97 Å². The van der Waals surface area contributed by atoms with Crippen LogP contribution < -0.4 is 4.74 Å². The third-order valence-electron chi connectivity index (χ3n) is 3.50. The van der Waals surface area contributed by atoms with Crippen molar-refractivity contribution in [3.05, 3.63) is 35.5 Å². The van der Waals surface area contributed by atoms with Crippen LogP contribution in [0, 0.1) is 6.92 Å². The smallest absolute Gasteiger partial charge is 0.303 e. The number of carboxylic acid groups (broad SMARTS) is 1. The van der Waals surface area contributed by atoms with Crippen molar-refractivity contribution >= 4 is 16.9 Å². The van der Waals surface area contributed by atoms with Gasteiger partial charge in [-0.05, 0) is 25.5 Å². The summed E-state index contributed by atoms with van der Waals surface area (Å²) in [6.07, 6.45) is 2.59. The molecule has 4 heteroatoms. The largest absolute Gasteiger partial charge is 0.493 e. The van der Waals surface area contributed by atoms with Gasteiger partial charge < -0.3 is 9.84 Å². The second-order valence-electron chi connectivity index (χ2n) is 5.13. The number of hydrogen-bond donors (Lipinski definition) is 1. The number of aromatic nitrogens is 1. The molecule has 0 aliphatic carbocycles. The van der Waals surface area contributed by atoms with Crippen LogP contribution in [0.25, 0.3) is 10.9 Å². The van der Waals surface area contributed by atoms with E-state index in [9.17, 15) is 4.79 Å². The van der Waals surface area contributed by atoms with Crippen LogP contribution in [0.5, 0.6) is 5.75 Å². The average Bonchev–Trinajstić information content (AvgIpc) is 2.47. The molecule has 0 bridgehead atoms. The lowest BCUT2D eigenvalue weighted by atomic mass is 10.1. The number of aliphatic carboxylic acids is 1. The van der Waals surface area contributed by atoms with Crippen molar-refractivity contribution in [3.63, 3.8) is 0 Å². The molecule has 0 radical (unpaired) electrons. The zero-order valence-corrected chi connectivity index (χ0v) is 12.6. The maximum absolute atomic E-state index is 10.8. The topological polar surface area (TPSA) is 59.4 Å². The molecule has 1 aromatic heterocycles. The predicted octanol–water partition coefficient (Wildman–Crippen LogP) is 3.74. The molecule has 21 heavy (non-hydrogen) atoms. The summed E-state index contributed by atoms with van der Waals surface area (Å²) in [5.41, 5.74) is 2.61. The molecule has 0 saturated carbocycles. The van der Waals surface area contributed by atoms with E-state index < -0.39 is 5.97 Å². The van der Waals surface area contributed by atoms with Gasteiger partial charge in [-0.3, -0.25) is 9.78 Å². The van der Waals surface area contributed by atoms with Crippen molar-refractivity contribution < 1.29 is 14.6 Å². The summed E-state index contributed by atoms with van der Waals surface area (Å²) >= 11 is 0. The number of rotatable bonds is 7. The number of carbonyl (C=O) groups is 1. The Morgan fingerprint density at radius 2 is 2.10 bits per heavy atom. The summed E-state index contributed by atoms with van der Waals surface area (Å²) in [4.78, 5) is 15.4. The van der Waals surface area contributed by atoms with Crippen molar-refractivity contribution in [2.24, 2.45) is 0 Å². The highest BCUT2D eigenvalue weighted by Gasteiger charge is 2.13. The Kier molecular flexibility index (Phi) is 5.14. The summed E-state index contributed by atoms with van der Waals surface area (Å²) in [6.45, 7) is 4.75. The Hall–Kier alpha value is -2.10. The average molecular weight is 287 g/mol. The van der Waals surface area contributed by atoms with Crippen molar-refractivity contribution in [1.82, 2.24) is 4.98 Å². The van der Waals surface area contributed by atoms with Crippen LogP contribution in [-0.4, -0.2) is 22.7 Å². The van der Waals surface area contributed by atoms with Crippen LogP contribution >= 0.6 is 0 Å². The fourth-order valence-electron chi connectivity index (χ4n) is 2.30. The molecule has 4 nitrogen and oxygen atoms in total. The van der Waals surface area contributed by atoms with Gasteiger partial charge in [0.05, 0.1) is 18.5 Å². The van der Waals surface area contributed by atoms with Crippen LogP contribution in [0.1, 0.15) is 37.4 Å². The first-order valence-corrected chi connectivity index (χ1v) is 7.36. The molecular formula is C17H21NO3. The number of fused-ring (bicyclic) bond motifs is 1. The maximum atomic E-state index is 10.8. The third-order valence-corrected chi connectivity index (χ3v) is 3.50. The van der Waals surface area contributed by atoms with E-state index in [1.54, 1.807) is 0 Å². The zero-order chi connectivity index (χ0) is 15.2. The Labute approximate surface area is 124 Å². The second-order valence-corrected chi connectivity index (χ2v) is 5.13. The molecule has 0 aliphatic heterocycles. The van der Waals surface area contributed by atoms with Crippen LogP contribution in [0.3, 0.4) is 0 Å². The normalized spacial score (nSPS) is 10.8. The number of unbranched alkanes of at least 4 members (excludes halogenated alkanes) is 1. The third kappa shape index (κ3) is 3.72. The van der Waals surface area contributed by atoms with E-state index in [0.29, 0.717) is 13.0 Å². The SMILES string of the molecule is CCCCOc1c(C)c(CCC(=O)O)nc2ccccc12. The van der Waals surface area contributed by atoms with Crippen LogP contribution in [0.2, 0.25) is 0 Å². The molecule has 0 unspecified atom stereocenters. The number of benzene rings is 1. The maximum Gasteiger partial charge on any atom is 0.303 e.